The fourth-order valence-electron chi connectivity index (χ4n) is 2.12. The molecule has 3 rings (SSSR count). The molecule has 0 amide bonds. The predicted molar refractivity (Wildman–Crippen MR) is 72.6 cm³/mol. The molecular formula is C13H15N3S. The van der Waals surface area contributed by atoms with Gasteiger partial charge in [-0.1, -0.05) is 12.1 Å². The lowest BCUT2D eigenvalue weighted by molar-refractivity contribution is 0.589. The Morgan fingerprint density at radius 2 is 1.88 bits per heavy atom. The second-order valence-electron chi connectivity index (χ2n) is 4.15. The Bertz CT molecular complexity index is 458. The molecular weight excluding hydrogens is 230 g/mol. The number of rotatable bonds is 2. The molecule has 3 nitrogen and oxygen atoms in total. The maximum absolute atomic E-state index is 4.11. The number of hydrogen-bond donors (Lipinski definition) is 1. The van der Waals surface area contributed by atoms with Gasteiger partial charge in [-0.3, -0.25) is 4.98 Å². The van der Waals surface area contributed by atoms with Crippen molar-refractivity contribution in [1.82, 2.24) is 10.3 Å². The van der Waals surface area contributed by atoms with Gasteiger partial charge in [0.15, 0.2) is 0 Å². The van der Waals surface area contributed by atoms with Gasteiger partial charge < -0.3 is 10.2 Å². The summed E-state index contributed by atoms with van der Waals surface area (Å²) in [5, 5.41) is 3.37. The summed E-state index contributed by atoms with van der Waals surface area (Å²) < 4.78 is 0. The first-order valence-corrected chi connectivity index (χ1v) is 6.76. The highest BCUT2D eigenvalue weighted by atomic mass is 32.1. The molecule has 4 heteroatoms. The predicted octanol–water partition coefficient (Wildman–Crippen LogP) is 2.22. The highest BCUT2D eigenvalue weighted by Crippen LogP contribution is 2.25. The highest BCUT2D eigenvalue weighted by molar-refractivity contribution is 7.13. The summed E-state index contributed by atoms with van der Waals surface area (Å²) >= 11 is 1.68. The number of benzene rings is 1. The third-order valence-corrected chi connectivity index (χ3v) is 3.89. The van der Waals surface area contributed by atoms with Crippen LogP contribution in [0.3, 0.4) is 0 Å². The summed E-state index contributed by atoms with van der Waals surface area (Å²) in [5.41, 5.74) is 4.45. The van der Waals surface area contributed by atoms with E-state index in [0.717, 1.165) is 26.2 Å². The topological polar surface area (TPSA) is 28.2 Å². The Labute approximate surface area is 105 Å². The van der Waals surface area contributed by atoms with Gasteiger partial charge in [0.25, 0.3) is 0 Å². The average Bonchev–Trinajstić information content (AvgIpc) is 2.94. The standard InChI is InChI=1S/C13H15N3S/c1-3-12(16-7-5-14-6-8-16)4-2-11(1)13-9-15-10-17-13/h1-4,9-10,14H,5-8H2. The van der Waals surface area contributed by atoms with Crippen molar-refractivity contribution in [2.24, 2.45) is 0 Å². The van der Waals surface area contributed by atoms with Crippen molar-refractivity contribution in [3.8, 4) is 10.4 Å². The van der Waals surface area contributed by atoms with Crippen molar-refractivity contribution < 1.29 is 0 Å². The van der Waals surface area contributed by atoms with Gasteiger partial charge in [0.1, 0.15) is 0 Å². The molecule has 1 aromatic heterocycles. The maximum Gasteiger partial charge on any atom is 0.0797 e. The van der Waals surface area contributed by atoms with Crippen LogP contribution in [0.15, 0.2) is 36.0 Å². The number of anilines is 1. The molecule has 17 heavy (non-hydrogen) atoms. The monoisotopic (exact) mass is 245 g/mol. The molecule has 0 saturated carbocycles. The van der Waals surface area contributed by atoms with Crippen molar-refractivity contribution in [1.29, 1.82) is 0 Å². The van der Waals surface area contributed by atoms with E-state index >= 15 is 0 Å². The summed E-state index contributed by atoms with van der Waals surface area (Å²) in [6.07, 6.45) is 1.92. The van der Waals surface area contributed by atoms with E-state index in [-0.39, 0.29) is 0 Å². The number of aromatic nitrogens is 1. The minimum absolute atomic E-state index is 1.08. The van der Waals surface area contributed by atoms with E-state index in [9.17, 15) is 0 Å². The Kier molecular flexibility index (Phi) is 3.07. The Balaban J connectivity index is 1.80. The van der Waals surface area contributed by atoms with Gasteiger partial charge in [-0.05, 0) is 17.7 Å². The van der Waals surface area contributed by atoms with Gasteiger partial charge >= 0.3 is 0 Å². The molecule has 0 spiro atoms. The molecule has 1 aliphatic rings. The van der Waals surface area contributed by atoms with E-state index in [1.807, 2.05) is 11.7 Å². The van der Waals surface area contributed by atoms with Crippen LogP contribution in [-0.4, -0.2) is 31.2 Å². The lowest BCUT2D eigenvalue weighted by Gasteiger charge is -2.29. The molecule has 1 N–H and O–H groups in total. The SMILES string of the molecule is c1ncc(-c2ccc(N3CCNCC3)cc2)s1. The molecule has 0 unspecified atom stereocenters. The quantitative estimate of drug-likeness (QED) is 0.879. The molecule has 2 heterocycles. The molecule has 1 fully saturated rings. The lowest BCUT2D eigenvalue weighted by atomic mass is 10.1. The molecule has 1 saturated heterocycles. The normalized spacial score (nSPS) is 16.1. The van der Waals surface area contributed by atoms with E-state index in [4.69, 9.17) is 0 Å². The van der Waals surface area contributed by atoms with E-state index in [0.29, 0.717) is 0 Å². The molecule has 88 valence electrons. The van der Waals surface area contributed by atoms with E-state index in [1.54, 1.807) is 11.3 Å². The third-order valence-electron chi connectivity index (χ3n) is 3.07. The second-order valence-corrected chi connectivity index (χ2v) is 5.04. The van der Waals surface area contributed by atoms with Gasteiger partial charge in [-0.25, -0.2) is 0 Å². The van der Waals surface area contributed by atoms with Crippen LogP contribution in [0.2, 0.25) is 0 Å². The van der Waals surface area contributed by atoms with Gasteiger partial charge in [0, 0.05) is 38.1 Å². The molecule has 0 atom stereocenters. The highest BCUT2D eigenvalue weighted by Gasteiger charge is 2.10. The summed E-state index contributed by atoms with van der Waals surface area (Å²) in [6, 6.07) is 8.79. The number of piperazine rings is 1. The molecule has 1 aliphatic heterocycles. The fraction of sp³-hybridized carbons (Fsp3) is 0.308. The van der Waals surface area contributed by atoms with Crippen molar-refractivity contribution in [3.05, 3.63) is 36.0 Å². The van der Waals surface area contributed by atoms with Crippen LogP contribution < -0.4 is 10.2 Å². The second kappa shape index (κ2) is 4.85. The zero-order valence-corrected chi connectivity index (χ0v) is 10.4. The van der Waals surface area contributed by atoms with Crippen molar-refractivity contribution >= 4 is 17.0 Å². The molecule has 0 radical (unpaired) electrons. The van der Waals surface area contributed by atoms with Crippen LogP contribution in [0.5, 0.6) is 0 Å². The number of nitrogens with one attached hydrogen (secondary N) is 1. The first-order chi connectivity index (χ1) is 8.43. The van der Waals surface area contributed by atoms with E-state index in [1.165, 1.54) is 16.1 Å². The zero-order valence-electron chi connectivity index (χ0n) is 9.60. The van der Waals surface area contributed by atoms with Crippen LogP contribution in [-0.2, 0) is 0 Å². The van der Waals surface area contributed by atoms with E-state index < -0.39 is 0 Å². The minimum atomic E-state index is 1.08. The summed E-state index contributed by atoms with van der Waals surface area (Å²) in [4.78, 5) is 7.77. The van der Waals surface area contributed by atoms with Crippen LogP contribution in [0.25, 0.3) is 10.4 Å². The maximum atomic E-state index is 4.11. The van der Waals surface area contributed by atoms with E-state index in [2.05, 4.69) is 39.5 Å². The van der Waals surface area contributed by atoms with Gasteiger partial charge in [0.05, 0.1) is 10.4 Å². The summed E-state index contributed by atoms with van der Waals surface area (Å²) in [6.45, 7) is 4.35. The Hall–Kier alpha value is -1.39. The fourth-order valence-corrected chi connectivity index (χ4v) is 2.75. The summed E-state index contributed by atoms with van der Waals surface area (Å²) in [5.74, 6) is 0. The minimum Gasteiger partial charge on any atom is -0.369 e. The van der Waals surface area contributed by atoms with Crippen LogP contribution in [0.4, 0.5) is 5.69 Å². The van der Waals surface area contributed by atoms with Gasteiger partial charge in [0.2, 0.25) is 0 Å². The average molecular weight is 245 g/mol. The number of nitrogens with zero attached hydrogens (tertiary/aromatic N) is 2. The number of thiazole rings is 1. The van der Waals surface area contributed by atoms with Crippen LogP contribution in [0, 0.1) is 0 Å². The summed E-state index contributed by atoms with van der Waals surface area (Å²) in [7, 11) is 0. The molecule has 0 aliphatic carbocycles. The molecule has 0 bridgehead atoms. The van der Waals surface area contributed by atoms with Crippen LogP contribution >= 0.6 is 11.3 Å². The van der Waals surface area contributed by atoms with Crippen molar-refractivity contribution in [2.45, 2.75) is 0 Å². The lowest BCUT2D eigenvalue weighted by Crippen LogP contribution is -2.43. The molecule has 1 aromatic carbocycles. The first kappa shape index (κ1) is 10.7. The smallest absolute Gasteiger partial charge is 0.0797 e. The van der Waals surface area contributed by atoms with Gasteiger partial charge in [-0.2, -0.15) is 0 Å². The number of hydrogen-bond acceptors (Lipinski definition) is 4. The van der Waals surface area contributed by atoms with Crippen molar-refractivity contribution in [2.75, 3.05) is 31.1 Å². The zero-order chi connectivity index (χ0) is 11.5. The van der Waals surface area contributed by atoms with Gasteiger partial charge in [-0.15, -0.1) is 11.3 Å². The Morgan fingerprint density at radius 3 is 2.53 bits per heavy atom. The van der Waals surface area contributed by atoms with Crippen molar-refractivity contribution in [3.63, 3.8) is 0 Å². The van der Waals surface area contributed by atoms with Crippen LogP contribution in [0.1, 0.15) is 0 Å². The first-order valence-electron chi connectivity index (χ1n) is 5.88. The third kappa shape index (κ3) is 2.33. The largest absolute Gasteiger partial charge is 0.369 e. The molecule has 2 aromatic rings. The Morgan fingerprint density at radius 1 is 1.12 bits per heavy atom.